The molecule has 9 aromatic rings. The third kappa shape index (κ3) is 4.31. The van der Waals surface area contributed by atoms with Crippen molar-refractivity contribution in [1.29, 1.82) is 0 Å². The first-order valence-electron chi connectivity index (χ1n) is 18.1. The van der Waals surface area contributed by atoms with Gasteiger partial charge in [-0.15, -0.1) is 0 Å². The van der Waals surface area contributed by atoms with Crippen molar-refractivity contribution >= 4 is 71.6 Å². The number of aromatic nitrogens is 1. The average Bonchev–Trinajstić information content (AvgIpc) is 3.72. The number of nitrogens with zero attached hydrogens (tertiary/aromatic N) is 2. The Bertz CT molecular complexity index is 3180. The van der Waals surface area contributed by atoms with Gasteiger partial charge < -0.3 is 8.98 Å². The van der Waals surface area contributed by atoms with E-state index in [4.69, 9.17) is 9.41 Å². The fourth-order valence-corrected chi connectivity index (χ4v) is 8.70. The summed E-state index contributed by atoms with van der Waals surface area (Å²) in [5, 5.41) is 7.23. The van der Waals surface area contributed by atoms with Gasteiger partial charge >= 0.3 is 0 Å². The van der Waals surface area contributed by atoms with Crippen LogP contribution < -0.4 is 0 Å². The van der Waals surface area contributed by atoms with E-state index in [1.54, 1.807) is 0 Å². The maximum atomic E-state index is 6.25. The molecule has 3 heteroatoms. The van der Waals surface area contributed by atoms with Gasteiger partial charge in [0, 0.05) is 38.2 Å². The van der Waals surface area contributed by atoms with Crippen LogP contribution >= 0.6 is 0 Å². The maximum absolute atomic E-state index is 6.25. The normalized spacial score (nSPS) is 14.7. The van der Waals surface area contributed by atoms with Crippen molar-refractivity contribution in [2.24, 2.45) is 4.99 Å². The van der Waals surface area contributed by atoms with Crippen LogP contribution in [-0.2, 0) is 0 Å². The minimum Gasteiger partial charge on any atom is -0.456 e. The largest absolute Gasteiger partial charge is 0.456 e. The highest BCUT2D eigenvalue weighted by Crippen LogP contribution is 2.51. The summed E-state index contributed by atoms with van der Waals surface area (Å²) in [5.41, 5.74) is 16.2. The molecule has 0 radical (unpaired) electrons. The van der Waals surface area contributed by atoms with Crippen LogP contribution in [0.5, 0.6) is 0 Å². The topological polar surface area (TPSA) is 30.4 Å². The minimum absolute atomic E-state index is 0.843. The molecule has 0 aliphatic heterocycles. The van der Waals surface area contributed by atoms with Gasteiger partial charge in [-0.05, 0) is 93.7 Å². The quantitative estimate of drug-likeness (QED) is 0.182. The van der Waals surface area contributed by atoms with E-state index < -0.39 is 0 Å². The first-order valence-corrected chi connectivity index (χ1v) is 18.1. The molecule has 53 heavy (non-hydrogen) atoms. The molecule has 0 saturated heterocycles. The predicted molar refractivity (Wildman–Crippen MR) is 224 cm³/mol. The van der Waals surface area contributed by atoms with Crippen molar-refractivity contribution < 1.29 is 4.42 Å². The molecule has 0 spiro atoms. The smallest absolute Gasteiger partial charge is 0.135 e. The Kier molecular flexibility index (Phi) is 6.32. The third-order valence-electron chi connectivity index (χ3n) is 11.1. The van der Waals surface area contributed by atoms with Crippen LogP contribution in [0.1, 0.15) is 12.5 Å². The van der Waals surface area contributed by atoms with E-state index in [9.17, 15) is 0 Å². The van der Waals surface area contributed by atoms with Gasteiger partial charge in [-0.2, -0.15) is 0 Å². The number of allylic oxidation sites excluding steroid dienone is 6. The molecule has 2 aliphatic carbocycles. The summed E-state index contributed by atoms with van der Waals surface area (Å²) in [6.45, 7) is 6.56. The Balaban J connectivity index is 1.28. The Morgan fingerprint density at radius 2 is 1.25 bits per heavy atom. The van der Waals surface area contributed by atoms with Gasteiger partial charge in [-0.3, -0.25) is 0 Å². The number of aliphatic imine (C=N–C) groups is 1. The highest BCUT2D eigenvalue weighted by atomic mass is 16.3. The summed E-state index contributed by atoms with van der Waals surface area (Å²) in [7, 11) is 0. The number of para-hydroxylation sites is 1. The Morgan fingerprint density at radius 3 is 2.09 bits per heavy atom. The molecule has 7 aromatic carbocycles. The Hall–Kier alpha value is -6.97. The standard InChI is InChI=1S/C50H32N2O/c1-30-13-6-10-20-42(30)51-50(33-23-28-46-41(29-33)37-18-9-11-22-45(37)53-46)31(2)52-43-21-12-19-38-35-16-7-8-17-36(35)40-25-24-34(32-14-4-3-5-15-32)39-26-27-44(52)49(47(39)40)48(38)43/h3-29H,1H2,2H3/b50-31+,51-42?. The molecule has 2 aromatic heterocycles. The number of furan rings is 1. The molecule has 2 heterocycles. The van der Waals surface area contributed by atoms with Gasteiger partial charge in [0.1, 0.15) is 11.2 Å². The van der Waals surface area contributed by atoms with Crippen molar-refractivity contribution in [3.63, 3.8) is 0 Å². The van der Waals surface area contributed by atoms with Crippen LogP contribution in [0.4, 0.5) is 0 Å². The zero-order chi connectivity index (χ0) is 35.2. The second-order valence-electron chi connectivity index (χ2n) is 14.0. The number of benzene rings is 7. The van der Waals surface area contributed by atoms with Gasteiger partial charge in [0.25, 0.3) is 0 Å². The number of hydrogen-bond acceptors (Lipinski definition) is 2. The van der Waals surface area contributed by atoms with E-state index in [0.717, 1.165) is 61.2 Å². The van der Waals surface area contributed by atoms with E-state index in [0.29, 0.717) is 0 Å². The lowest BCUT2D eigenvalue weighted by atomic mass is 9.90. The van der Waals surface area contributed by atoms with Gasteiger partial charge in [-0.25, -0.2) is 4.99 Å². The molecule has 248 valence electrons. The van der Waals surface area contributed by atoms with Crippen molar-refractivity contribution in [2.45, 2.75) is 6.92 Å². The summed E-state index contributed by atoms with van der Waals surface area (Å²) in [5.74, 6) is 0. The molecular weight excluding hydrogens is 645 g/mol. The summed E-state index contributed by atoms with van der Waals surface area (Å²) >= 11 is 0. The molecule has 11 rings (SSSR count). The van der Waals surface area contributed by atoms with E-state index in [-0.39, 0.29) is 0 Å². The van der Waals surface area contributed by atoms with E-state index >= 15 is 0 Å². The predicted octanol–water partition coefficient (Wildman–Crippen LogP) is 13.6. The molecule has 0 unspecified atom stereocenters. The molecule has 0 saturated carbocycles. The van der Waals surface area contributed by atoms with Crippen molar-refractivity contribution in [1.82, 2.24) is 4.57 Å². The fraction of sp³-hybridized carbons (Fsp3) is 0.0200. The van der Waals surface area contributed by atoms with Crippen molar-refractivity contribution in [2.75, 3.05) is 0 Å². The van der Waals surface area contributed by atoms with Crippen molar-refractivity contribution in [3.05, 3.63) is 182 Å². The van der Waals surface area contributed by atoms with Crippen LogP contribution in [0.15, 0.2) is 185 Å². The molecule has 0 fully saturated rings. The maximum Gasteiger partial charge on any atom is 0.135 e. The Labute approximate surface area is 306 Å². The summed E-state index contributed by atoms with van der Waals surface area (Å²) < 4.78 is 8.69. The molecule has 0 N–H and O–H groups in total. The van der Waals surface area contributed by atoms with Gasteiger partial charge in [-0.1, -0.05) is 128 Å². The zero-order valence-corrected chi connectivity index (χ0v) is 29.1. The van der Waals surface area contributed by atoms with Crippen molar-refractivity contribution in [3.8, 4) is 33.4 Å². The minimum atomic E-state index is 0.843. The molecule has 2 aliphatic rings. The summed E-state index contributed by atoms with van der Waals surface area (Å²) in [6, 6.07) is 50.3. The lowest BCUT2D eigenvalue weighted by molar-refractivity contribution is 0.669. The number of hydrogen-bond donors (Lipinski definition) is 0. The second kappa shape index (κ2) is 11.3. The number of rotatable bonds is 4. The summed E-state index contributed by atoms with van der Waals surface area (Å²) in [6.07, 6.45) is 8.11. The van der Waals surface area contributed by atoms with Crippen LogP contribution in [0.25, 0.3) is 99.3 Å². The SMILES string of the molecule is C=C1C=CC=CC1=N/C(=C(\C)n1c2cccc3c2c2c4c(ccc(-c5ccccc5)c4ccc21)-c1ccccc1-3)c1ccc2oc3ccccc3c2c1. The lowest BCUT2D eigenvalue weighted by Crippen LogP contribution is -2.03. The zero-order valence-electron chi connectivity index (χ0n) is 29.1. The van der Waals surface area contributed by atoms with Crippen LogP contribution in [0, 0.1) is 0 Å². The lowest BCUT2D eigenvalue weighted by Gasteiger charge is -2.17. The first kappa shape index (κ1) is 29.7. The van der Waals surface area contributed by atoms with Gasteiger partial charge in [0.05, 0.1) is 22.4 Å². The number of fused-ring (bicyclic) bond motifs is 6. The summed E-state index contributed by atoms with van der Waals surface area (Å²) in [4.78, 5) is 5.44. The van der Waals surface area contributed by atoms with E-state index in [2.05, 4.69) is 145 Å². The third-order valence-corrected chi connectivity index (χ3v) is 11.1. The molecule has 3 nitrogen and oxygen atoms in total. The molecule has 0 amide bonds. The molecule has 0 bridgehead atoms. The monoisotopic (exact) mass is 676 g/mol. The van der Waals surface area contributed by atoms with Crippen LogP contribution in [0.3, 0.4) is 0 Å². The van der Waals surface area contributed by atoms with Crippen LogP contribution in [0.2, 0.25) is 0 Å². The Morgan fingerprint density at radius 1 is 0.547 bits per heavy atom. The highest BCUT2D eigenvalue weighted by Gasteiger charge is 2.26. The fourth-order valence-electron chi connectivity index (χ4n) is 8.70. The van der Waals surface area contributed by atoms with Gasteiger partial charge in [0.2, 0.25) is 0 Å². The average molecular weight is 677 g/mol. The molecule has 0 atom stereocenters. The molecular formula is C50H32N2O. The van der Waals surface area contributed by atoms with Crippen LogP contribution in [-0.4, -0.2) is 10.3 Å². The first-order chi connectivity index (χ1) is 26.1. The van der Waals surface area contributed by atoms with Gasteiger partial charge in [0.15, 0.2) is 0 Å². The van der Waals surface area contributed by atoms with E-state index in [1.807, 2.05) is 36.4 Å². The second-order valence-corrected chi connectivity index (χ2v) is 14.0. The van der Waals surface area contributed by atoms with E-state index in [1.165, 1.54) is 54.9 Å². The highest BCUT2D eigenvalue weighted by molar-refractivity contribution is 6.32.